The van der Waals surface area contributed by atoms with Crippen molar-refractivity contribution in [3.8, 4) is 0 Å². The molecule has 1 unspecified atom stereocenters. The topological polar surface area (TPSA) is 96.5 Å². The highest BCUT2D eigenvalue weighted by atomic mass is 16.5. The predicted octanol–water partition coefficient (Wildman–Crippen LogP) is 4.75. The van der Waals surface area contributed by atoms with Gasteiger partial charge in [-0.25, -0.2) is 0 Å². The fourth-order valence-corrected chi connectivity index (χ4v) is 3.58. The molecule has 1 heterocycles. The van der Waals surface area contributed by atoms with Crippen LogP contribution < -0.4 is 16.0 Å². The van der Waals surface area contributed by atoms with Crippen molar-refractivity contribution in [3.05, 3.63) is 53.6 Å². The summed E-state index contributed by atoms with van der Waals surface area (Å²) in [5, 5.41) is 8.57. The minimum Gasteiger partial charge on any atom is -0.368 e. The molecule has 1 aliphatic heterocycles. The lowest BCUT2D eigenvalue weighted by atomic mass is 10.0. The highest BCUT2D eigenvalue weighted by Crippen LogP contribution is 2.26. The largest absolute Gasteiger partial charge is 0.368 e. The van der Waals surface area contributed by atoms with Crippen LogP contribution in [0.25, 0.3) is 0 Å². The molecule has 0 aliphatic carbocycles. The number of nitrogens with one attached hydrogen (secondary N) is 3. The third kappa shape index (κ3) is 6.40. The average molecular weight is 438 g/mol. The zero-order valence-corrected chi connectivity index (χ0v) is 18.7. The highest BCUT2D eigenvalue weighted by molar-refractivity contribution is 6.06. The number of unbranched alkanes of at least 4 members (excludes halogenated alkanes) is 2. The van der Waals surface area contributed by atoms with Gasteiger partial charge in [-0.15, -0.1) is 0 Å². The van der Waals surface area contributed by atoms with Gasteiger partial charge in [-0.2, -0.15) is 0 Å². The summed E-state index contributed by atoms with van der Waals surface area (Å²) in [5.41, 5.74) is 3.42. The van der Waals surface area contributed by atoms with Crippen LogP contribution in [0, 0.1) is 0 Å². The number of amides is 3. The monoisotopic (exact) mass is 437 g/mol. The van der Waals surface area contributed by atoms with Crippen molar-refractivity contribution in [1.29, 1.82) is 0 Å². The van der Waals surface area contributed by atoms with E-state index in [0.29, 0.717) is 42.8 Å². The van der Waals surface area contributed by atoms with E-state index in [9.17, 15) is 14.4 Å². The Labute approximate surface area is 188 Å². The minimum atomic E-state index is -0.514. The Kier molecular flexibility index (Phi) is 8.39. The second kappa shape index (κ2) is 11.4. The minimum absolute atomic E-state index is 0.00446. The number of rotatable bonds is 10. The number of carbonyl (C=O) groups excluding carboxylic acids is 3. The maximum Gasteiger partial charge on any atom is 0.255 e. The quantitative estimate of drug-likeness (QED) is 0.468. The zero-order chi connectivity index (χ0) is 22.9. The van der Waals surface area contributed by atoms with Crippen molar-refractivity contribution in [2.75, 3.05) is 22.6 Å². The summed E-state index contributed by atoms with van der Waals surface area (Å²) < 4.78 is 5.72. The number of aryl methyl sites for hydroxylation is 1. The smallest absolute Gasteiger partial charge is 0.255 e. The van der Waals surface area contributed by atoms with Crippen LogP contribution in [0.5, 0.6) is 0 Å². The highest BCUT2D eigenvalue weighted by Gasteiger charge is 2.18. The molecule has 0 spiro atoms. The van der Waals surface area contributed by atoms with Crippen molar-refractivity contribution >= 4 is 34.8 Å². The molecule has 2 aromatic rings. The van der Waals surface area contributed by atoms with Crippen LogP contribution in [0.2, 0.25) is 0 Å². The van der Waals surface area contributed by atoms with Gasteiger partial charge in [-0.05, 0) is 61.2 Å². The summed E-state index contributed by atoms with van der Waals surface area (Å²) in [6.45, 7) is 4.60. The van der Waals surface area contributed by atoms with Crippen LogP contribution in [-0.4, -0.2) is 30.4 Å². The van der Waals surface area contributed by atoms with Crippen molar-refractivity contribution in [3.63, 3.8) is 0 Å². The normalized spacial score (nSPS) is 13.6. The van der Waals surface area contributed by atoms with Crippen molar-refractivity contribution < 1.29 is 19.1 Å². The summed E-state index contributed by atoms with van der Waals surface area (Å²) in [5.74, 6) is -0.480. The van der Waals surface area contributed by atoms with Crippen LogP contribution in [0.4, 0.5) is 17.1 Å². The number of anilines is 3. The molecule has 0 saturated heterocycles. The number of carbonyl (C=O) groups is 3. The van der Waals surface area contributed by atoms with Gasteiger partial charge in [0.2, 0.25) is 5.91 Å². The SMILES string of the molecule is CCCCCOC(CC)C(=O)Nc1cccc(C(=O)Nc2ccc3c(c2)CCC(=O)N3)c1. The molecule has 3 N–H and O–H groups in total. The summed E-state index contributed by atoms with van der Waals surface area (Å²) >= 11 is 0. The molecule has 0 saturated carbocycles. The van der Waals surface area contributed by atoms with Crippen molar-refractivity contribution in [1.82, 2.24) is 0 Å². The number of benzene rings is 2. The molecule has 0 aromatic heterocycles. The van der Waals surface area contributed by atoms with E-state index >= 15 is 0 Å². The molecular formula is C25H31N3O4. The second-order valence-corrected chi connectivity index (χ2v) is 7.92. The lowest BCUT2D eigenvalue weighted by molar-refractivity contribution is -0.127. The summed E-state index contributed by atoms with van der Waals surface area (Å²) in [6.07, 6.45) is 4.26. The number of fused-ring (bicyclic) bond motifs is 1. The van der Waals surface area contributed by atoms with E-state index in [1.54, 1.807) is 36.4 Å². The van der Waals surface area contributed by atoms with Crippen molar-refractivity contribution in [2.45, 2.75) is 58.5 Å². The van der Waals surface area contributed by atoms with Gasteiger partial charge in [-0.3, -0.25) is 14.4 Å². The van der Waals surface area contributed by atoms with Crippen LogP contribution in [-0.2, 0) is 20.7 Å². The molecule has 0 radical (unpaired) electrons. The Balaban J connectivity index is 1.60. The van der Waals surface area contributed by atoms with Gasteiger partial charge in [0.1, 0.15) is 6.10 Å². The molecular weight excluding hydrogens is 406 g/mol. The van der Waals surface area contributed by atoms with E-state index in [1.165, 1.54) is 0 Å². The van der Waals surface area contributed by atoms with E-state index < -0.39 is 6.10 Å². The van der Waals surface area contributed by atoms with E-state index in [0.717, 1.165) is 30.5 Å². The standard InChI is InChI=1S/C25H31N3O4/c1-3-5-6-14-32-22(4-2)25(31)27-19-9-7-8-18(16-19)24(30)26-20-11-12-21-17(15-20)10-13-23(29)28-21/h7-9,11-12,15-16,22H,3-6,10,13-14H2,1-2H3,(H,26,30)(H,27,31)(H,28,29). The number of hydrogen-bond donors (Lipinski definition) is 3. The van der Waals surface area contributed by atoms with Gasteiger partial charge in [-0.1, -0.05) is 32.8 Å². The van der Waals surface area contributed by atoms with Crippen LogP contribution in [0.1, 0.15) is 61.9 Å². The first-order chi connectivity index (χ1) is 15.5. The first-order valence-corrected chi connectivity index (χ1v) is 11.3. The fourth-order valence-electron chi connectivity index (χ4n) is 3.58. The van der Waals surface area contributed by atoms with Crippen LogP contribution in [0.3, 0.4) is 0 Å². The molecule has 3 amide bonds. The average Bonchev–Trinajstić information content (AvgIpc) is 2.79. The second-order valence-electron chi connectivity index (χ2n) is 7.92. The third-order valence-electron chi connectivity index (χ3n) is 5.38. The van der Waals surface area contributed by atoms with Gasteiger partial charge in [0.15, 0.2) is 0 Å². The van der Waals surface area contributed by atoms with Crippen LogP contribution in [0.15, 0.2) is 42.5 Å². The van der Waals surface area contributed by atoms with Gasteiger partial charge in [0, 0.05) is 35.7 Å². The number of ether oxygens (including phenoxy) is 1. The first-order valence-electron chi connectivity index (χ1n) is 11.3. The predicted molar refractivity (Wildman–Crippen MR) is 126 cm³/mol. The Morgan fingerprint density at radius 3 is 2.62 bits per heavy atom. The van der Waals surface area contributed by atoms with E-state index in [2.05, 4.69) is 22.9 Å². The molecule has 7 heteroatoms. The third-order valence-corrected chi connectivity index (χ3v) is 5.38. The molecule has 2 aromatic carbocycles. The Bertz CT molecular complexity index is 973. The van der Waals surface area contributed by atoms with E-state index in [1.807, 2.05) is 13.0 Å². The van der Waals surface area contributed by atoms with Gasteiger partial charge in [0.25, 0.3) is 11.8 Å². The van der Waals surface area contributed by atoms with Gasteiger partial charge in [0.05, 0.1) is 0 Å². The molecule has 1 atom stereocenters. The molecule has 3 rings (SSSR count). The maximum atomic E-state index is 12.7. The zero-order valence-electron chi connectivity index (χ0n) is 18.7. The molecule has 170 valence electrons. The molecule has 0 fully saturated rings. The maximum absolute atomic E-state index is 12.7. The van der Waals surface area contributed by atoms with E-state index in [-0.39, 0.29) is 17.7 Å². The molecule has 7 nitrogen and oxygen atoms in total. The molecule has 32 heavy (non-hydrogen) atoms. The Morgan fingerprint density at radius 1 is 1.03 bits per heavy atom. The lowest BCUT2D eigenvalue weighted by Gasteiger charge is -2.18. The summed E-state index contributed by atoms with van der Waals surface area (Å²) in [7, 11) is 0. The van der Waals surface area contributed by atoms with Gasteiger partial charge < -0.3 is 20.7 Å². The van der Waals surface area contributed by atoms with Crippen LogP contribution >= 0.6 is 0 Å². The summed E-state index contributed by atoms with van der Waals surface area (Å²) in [6, 6.07) is 12.3. The lowest BCUT2D eigenvalue weighted by Crippen LogP contribution is -2.30. The molecule has 0 bridgehead atoms. The van der Waals surface area contributed by atoms with Crippen molar-refractivity contribution in [2.24, 2.45) is 0 Å². The van der Waals surface area contributed by atoms with E-state index in [4.69, 9.17) is 4.74 Å². The summed E-state index contributed by atoms with van der Waals surface area (Å²) in [4.78, 5) is 36.8. The Morgan fingerprint density at radius 2 is 1.84 bits per heavy atom. The molecule has 1 aliphatic rings. The number of hydrogen-bond acceptors (Lipinski definition) is 4. The van der Waals surface area contributed by atoms with Gasteiger partial charge >= 0.3 is 0 Å². The Hall–Kier alpha value is -3.19. The first kappa shape index (κ1) is 23.5. The fraction of sp³-hybridized carbons (Fsp3) is 0.400.